The van der Waals surface area contributed by atoms with Gasteiger partial charge >= 0.3 is 0 Å². The SMILES string of the molecule is CCOc1ccc([C@H](C)NC(=O)Cc2ccc(CC)cc2)cc1OCC. The second-order valence-corrected chi connectivity index (χ2v) is 6.21. The van der Waals surface area contributed by atoms with Gasteiger partial charge in [0.05, 0.1) is 25.7 Å². The van der Waals surface area contributed by atoms with E-state index in [0.29, 0.717) is 25.4 Å². The van der Waals surface area contributed by atoms with Crippen LogP contribution in [0.3, 0.4) is 0 Å². The number of hydrogen-bond donors (Lipinski definition) is 1. The summed E-state index contributed by atoms with van der Waals surface area (Å²) in [5, 5.41) is 3.06. The van der Waals surface area contributed by atoms with E-state index in [1.807, 2.05) is 51.1 Å². The van der Waals surface area contributed by atoms with Crippen molar-refractivity contribution in [2.75, 3.05) is 13.2 Å². The highest BCUT2D eigenvalue weighted by molar-refractivity contribution is 5.79. The lowest BCUT2D eigenvalue weighted by molar-refractivity contribution is -0.121. The molecule has 4 nitrogen and oxygen atoms in total. The molecule has 2 aromatic carbocycles. The van der Waals surface area contributed by atoms with E-state index in [0.717, 1.165) is 23.3 Å². The van der Waals surface area contributed by atoms with E-state index >= 15 is 0 Å². The molecule has 0 saturated heterocycles. The summed E-state index contributed by atoms with van der Waals surface area (Å²) >= 11 is 0. The van der Waals surface area contributed by atoms with Crippen LogP contribution in [-0.4, -0.2) is 19.1 Å². The van der Waals surface area contributed by atoms with Gasteiger partial charge in [-0.3, -0.25) is 4.79 Å². The zero-order valence-electron chi connectivity index (χ0n) is 16.2. The summed E-state index contributed by atoms with van der Waals surface area (Å²) in [5.41, 5.74) is 3.29. The summed E-state index contributed by atoms with van der Waals surface area (Å²) in [5.74, 6) is 1.45. The van der Waals surface area contributed by atoms with Gasteiger partial charge < -0.3 is 14.8 Å². The fourth-order valence-electron chi connectivity index (χ4n) is 2.79. The van der Waals surface area contributed by atoms with Crippen molar-refractivity contribution in [1.29, 1.82) is 0 Å². The van der Waals surface area contributed by atoms with Gasteiger partial charge in [0.15, 0.2) is 11.5 Å². The summed E-state index contributed by atoms with van der Waals surface area (Å²) in [4.78, 5) is 12.4. The molecule has 4 heteroatoms. The van der Waals surface area contributed by atoms with Gasteiger partial charge in [0.2, 0.25) is 5.91 Å². The average Bonchev–Trinajstić information content (AvgIpc) is 2.64. The van der Waals surface area contributed by atoms with Gasteiger partial charge in [0.1, 0.15) is 0 Å². The average molecular weight is 355 g/mol. The van der Waals surface area contributed by atoms with Crippen molar-refractivity contribution in [3.8, 4) is 11.5 Å². The summed E-state index contributed by atoms with van der Waals surface area (Å²) in [6.07, 6.45) is 1.38. The Morgan fingerprint density at radius 1 is 0.923 bits per heavy atom. The third-order valence-electron chi connectivity index (χ3n) is 4.24. The Balaban J connectivity index is 2.02. The Morgan fingerprint density at radius 3 is 2.15 bits per heavy atom. The fourth-order valence-corrected chi connectivity index (χ4v) is 2.79. The van der Waals surface area contributed by atoms with E-state index in [9.17, 15) is 4.79 Å². The molecule has 0 bridgehead atoms. The molecule has 0 heterocycles. The number of amides is 1. The first kappa shape index (κ1) is 19.8. The summed E-state index contributed by atoms with van der Waals surface area (Å²) in [6.45, 7) is 9.14. The highest BCUT2D eigenvalue weighted by Crippen LogP contribution is 2.30. The first-order valence-electron chi connectivity index (χ1n) is 9.34. The standard InChI is InChI=1S/C22H29NO3/c1-5-17-8-10-18(11-9-17)14-22(24)23-16(4)19-12-13-20(25-6-2)21(15-19)26-7-3/h8-13,15-16H,5-7,14H2,1-4H3,(H,23,24)/t16-/m0/s1. The van der Waals surface area contributed by atoms with E-state index in [2.05, 4.69) is 24.4 Å². The number of carbonyl (C=O) groups is 1. The van der Waals surface area contributed by atoms with E-state index in [1.165, 1.54) is 5.56 Å². The predicted octanol–water partition coefficient (Wildman–Crippen LogP) is 4.47. The summed E-state index contributed by atoms with van der Waals surface area (Å²) in [6, 6.07) is 13.9. The van der Waals surface area contributed by atoms with E-state index in [1.54, 1.807) is 0 Å². The number of hydrogen-bond acceptors (Lipinski definition) is 3. The molecule has 0 aliphatic carbocycles. The van der Waals surface area contributed by atoms with Crippen molar-refractivity contribution in [2.24, 2.45) is 0 Å². The molecule has 0 aliphatic heterocycles. The highest BCUT2D eigenvalue weighted by atomic mass is 16.5. The van der Waals surface area contributed by atoms with Crippen LogP contribution in [0.25, 0.3) is 0 Å². The van der Waals surface area contributed by atoms with Gasteiger partial charge in [-0.25, -0.2) is 0 Å². The Bertz CT molecular complexity index is 710. The Morgan fingerprint density at radius 2 is 1.54 bits per heavy atom. The molecule has 0 saturated carbocycles. The molecule has 1 N–H and O–H groups in total. The van der Waals surface area contributed by atoms with Gasteiger partial charge in [-0.15, -0.1) is 0 Å². The van der Waals surface area contributed by atoms with Crippen LogP contribution in [-0.2, 0) is 17.6 Å². The van der Waals surface area contributed by atoms with Crippen LogP contribution in [0.4, 0.5) is 0 Å². The molecule has 26 heavy (non-hydrogen) atoms. The first-order chi connectivity index (χ1) is 12.6. The number of benzene rings is 2. The van der Waals surface area contributed by atoms with Crippen LogP contribution in [0.2, 0.25) is 0 Å². The van der Waals surface area contributed by atoms with Crippen molar-refractivity contribution in [1.82, 2.24) is 5.32 Å². The Hall–Kier alpha value is -2.49. The maximum atomic E-state index is 12.4. The lowest BCUT2D eigenvalue weighted by Gasteiger charge is -2.17. The molecule has 2 rings (SSSR count). The molecule has 140 valence electrons. The lowest BCUT2D eigenvalue weighted by Crippen LogP contribution is -2.28. The maximum absolute atomic E-state index is 12.4. The third kappa shape index (κ3) is 5.51. The van der Waals surface area contributed by atoms with Crippen LogP contribution >= 0.6 is 0 Å². The minimum absolute atomic E-state index is 0.00796. The lowest BCUT2D eigenvalue weighted by atomic mass is 10.1. The second-order valence-electron chi connectivity index (χ2n) is 6.21. The van der Waals surface area contributed by atoms with Crippen molar-refractivity contribution < 1.29 is 14.3 Å². The van der Waals surface area contributed by atoms with E-state index < -0.39 is 0 Å². The molecule has 1 amide bonds. The van der Waals surface area contributed by atoms with Crippen LogP contribution in [0.5, 0.6) is 11.5 Å². The molecule has 2 aromatic rings. The smallest absolute Gasteiger partial charge is 0.224 e. The second kappa shape index (κ2) is 9.85. The van der Waals surface area contributed by atoms with E-state index in [-0.39, 0.29) is 11.9 Å². The number of nitrogens with one attached hydrogen (secondary N) is 1. The normalized spacial score (nSPS) is 11.7. The van der Waals surface area contributed by atoms with Crippen LogP contribution in [0.15, 0.2) is 42.5 Å². The molecule has 0 aliphatic rings. The zero-order valence-corrected chi connectivity index (χ0v) is 16.2. The predicted molar refractivity (Wildman–Crippen MR) is 105 cm³/mol. The van der Waals surface area contributed by atoms with E-state index in [4.69, 9.17) is 9.47 Å². The van der Waals surface area contributed by atoms with Gasteiger partial charge in [0.25, 0.3) is 0 Å². The van der Waals surface area contributed by atoms with Gasteiger partial charge in [-0.05, 0) is 56.0 Å². The maximum Gasteiger partial charge on any atom is 0.224 e. The molecule has 1 atom stereocenters. The van der Waals surface area contributed by atoms with Crippen molar-refractivity contribution in [3.63, 3.8) is 0 Å². The van der Waals surface area contributed by atoms with Crippen molar-refractivity contribution >= 4 is 5.91 Å². The summed E-state index contributed by atoms with van der Waals surface area (Å²) < 4.78 is 11.3. The molecule has 0 radical (unpaired) electrons. The quantitative estimate of drug-likeness (QED) is 0.722. The first-order valence-corrected chi connectivity index (χ1v) is 9.34. The number of carbonyl (C=O) groups excluding carboxylic acids is 1. The van der Waals surface area contributed by atoms with Crippen molar-refractivity contribution in [2.45, 2.75) is 46.6 Å². The molecular formula is C22H29NO3. The van der Waals surface area contributed by atoms with Gasteiger partial charge in [0, 0.05) is 0 Å². The number of aryl methyl sites for hydroxylation is 1. The van der Waals surface area contributed by atoms with Crippen LogP contribution in [0.1, 0.15) is 50.4 Å². The molecule has 0 spiro atoms. The topological polar surface area (TPSA) is 47.6 Å². The van der Waals surface area contributed by atoms with Gasteiger partial charge in [-0.1, -0.05) is 37.3 Å². The van der Waals surface area contributed by atoms with Gasteiger partial charge in [-0.2, -0.15) is 0 Å². The van der Waals surface area contributed by atoms with Crippen LogP contribution < -0.4 is 14.8 Å². The Labute approximate surface area is 156 Å². The molecule has 0 fully saturated rings. The van der Waals surface area contributed by atoms with Crippen LogP contribution in [0, 0.1) is 0 Å². The largest absolute Gasteiger partial charge is 0.490 e. The fraction of sp³-hybridized carbons (Fsp3) is 0.409. The Kier molecular flexibility index (Phi) is 7.52. The molecule has 0 unspecified atom stereocenters. The minimum Gasteiger partial charge on any atom is -0.490 e. The molecular weight excluding hydrogens is 326 g/mol. The third-order valence-corrected chi connectivity index (χ3v) is 4.24. The monoisotopic (exact) mass is 355 g/mol. The molecule has 0 aromatic heterocycles. The zero-order chi connectivity index (χ0) is 18.9. The number of rotatable bonds is 9. The van der Waals surface area contributed by atoms with Crippen molar-refractivity contribution in [3.05, 3.63) is 59.2 Å². The highest BCUT2D eigenvalue weighted by Gasteiger charge is 2.13. The number of ether oxygens (including phenoxy) is 2. The minimum atomic E-state index is -0.104. The summed E-state index contributed by atoms with van der Waals surface area (Å²) in [7, 11) is 0.